The zero-order chi connectivity index (χ0) is 20.5. The first-order valence-electron chi connectivity index (χ1n) is 10.1. The first-order chi connectivity index (χ1) is 14.2. The lowest BCUT2D eigenvalue weighted by Gasteiger charge is -2.16. The van der Waals surface area contributed by atoms with Crippen LogP contribution in [-0.4, -0.2) is 37.8 Å². The van der Waals surface area contributed by atoms with Gasteiger partial charge in [0.1, 0.15) is 6.10 Å². The third-order valence-corrected chi connectivity index (χ3v) is 4.83. The molecule has 0 spiro atoms. The lowest BCUT2D eigenvalue weighted by Crippen LogP contribution is -2.30. The van der Waals surface area contributed by atoms with Gasteiger partial charge in [0.25, 0.3) is 0 Å². The summed E-state index contributed by atoms with van der Waals surface area (Å²) in [6.45, 7) is 3.25. The molecule has 7 nitrogen and oxygen atoms in total. The highest BCUT2D eigenvalue weighted by molar-refractivity contribution is 14.0. The normalized spacial score (nSPS) is 14.0. The van der Waals surface area contributed by atoms with E-state index in [0.29, 0.717) is 29.9 Å². The van der Waals surface area contributed by atoms with Crippen molar-refractivity contribution in [2.24, 2.45) is 4.99 Å². The van der Waals surface area contributed by atoms with Gasteiger partial charge < -0.3 is 24.8 Å². The third kappa shape index (κ3) is 6.65. The van der Waals surface area contributed by atoms with E-state index in [1.807, 2.05) is 37.3 Å². The number of hydrogen-bond donors (Lipinski definition) is 2. The zero-order valence-corrected chi connectivity index (χ0v) is 20.1. The average molecular weight is 526 g/mol. The smallest absolute Gasteiger partial charge is 0.218 e. The SMILES string of the molecule is CCNC(=NCc1cccnc1OC1CCCC1)Nc1ccc(OC)c(OC)c1.I. The molecule has 0 unspecified atom stereocenters. The second-order valence-corrected chi connectivity index (χ2v) is 6.88. The van der Waals surface area contributed by atoms with Crippen LogP contribution in [0.2, 0.25) is 0 Å². The predicted octanol–water partition coefficient (Wildman–Crippen LogP) is 4.62. The van der Waals surface area contributed by atoms with E-state index in [1.54, 1.807) is 20.4 Å². The van der Waals surface area contributed by atoms with Gasteiger partial charge in [0.15, 0.2) is 17.5 Å². The fourth-order valence-corrected chi connectivity index (χ4v) is 3.34. The minimum absolute atomic E-state index is 0. The first-order valence-corrected chi connectivity index (χ1v) is 10.1. The molecule has 1 aromatic carbocycles. The highest BCUT2D eigenvalue weighted by Crippen LogP contribution is 2.30. The maximum Gasteiger partial charge on any atom is 0.218 e. The molecule has 0 bridgehead atoms. The predicted molar refractivity (Wildman–Crippen MR) is 131 cm³/mol. The summed E-state index contributed by atoms with van der Waals surface area (Å²) in [6.07, 6.45) is 6.69. The Hall–Kier alpha value is -2.23. The summed E-state index contributed by atoms with van der Waals surface area (Å²) in [5, 5.41) is 6.58. The quantitative estimate of drug-likeness (QED) is 0.297. The van der Waals surface area contributed by atoms with Crippen LogP contribution in [0.5, 0.6) is 17.4 Å². The number of pyridine rings is 1. The number of guanidine groups is 1. The summed E-state index contributed by atoms with van der Waals surface area (Å²) < 4.78 is 16.8. The molecule has 1 aliphatic carbocycles. The van der Waals surface area contributed by atoms with Gasteiger partial charge in [-0.3, -0.25) is 0 Å². The Bertz CT molecular complexity index is 826. The van der Waals surface area contributed by atoms with Gasteiger partial charge in [-0.1, -0.05) is 6.07 Å². The molecule has 1 aromatic heterocycles. The number of rotatable bonds is 8. The fourth-order valence-electron chi connectivity index (χ4n) is 3.34. The summed E-state index contributed by atoms with van der Waals surface area (Å²) in [4.78, 5) is 9.14. The molecule has 1 aliphatic rings. The van der Waals surface area contributed by atoms with Crippen molar-refractivity contribution in [3.05, 3.63) is 42.1 Å². The van der Waals surface area contributed by atoms with Crippen molar-refractivity contribution in [1.82, 2.24) is 10.3 Å². The van der Waals surface area contributed by atoms with Crippen molar-refractivity contribution in [2.45, 2.75) is 45.3 Å². The second kappa shape index (κ2) is 12.5. The van der Waals surface area contributed by atoms with Gasteiger partial charge in [0, 0.05) is 30.1 Å². The van der Waals surface area contributed by atoms with Gasteiger partial charge in [0.2, 0.25) is 5.88 Å². The van der Waals surface area contributed by atoms with Crippen LogP contribution in [0.1, 0.15) is 38.2 Å². The highest BCUT2D eigenvalue weighted by Gasteiger charge is 2.18. The van der Waals surface area contributed by atoms with Crippen molar-refractivity contribution >= 4 is 35.6 Å². The molecule has 8 heteroatoms. The third-order valence-electron chi connectivity index (χ3n) is 4.83. The molecule has 1 fully saturated rings. The maximum atomic E-state index is 6.12. The van der Waals surface area contributed by atoms with E-state index in [1.165, 1.54) is 12.8 Å². The monoisotopic (exact) mass is 526 g/mol. The number of ether oxygens (including phenoxy) is 3. The highest BCUT2D eigenvalue weighted by atomic mass is 127. The van der Waals surface area contributed by atoms with E-state index in [9.17, 15) is 0 Å². The van der Waals surface area contributed by atoms with E-state index >= 15 is 0 Å². The summed E-state index contributed by atoms with van der Waals surface area (Å²) >= 11 is 0. The molecule has 0 aliphatic heterocycles. The molecule has 2 N–H and O–H groups in total. The lowest BCUT2D eigenvalue weighted by molar-refractivity contribution is 0.199. The van der Waals surface area contributed by atoms with E-state index in [-0.39, 0.29) is 30.1 Å². The average Bonchev–Trinajstić information content (AvgIpc) is 3.26. The molecule has 0 amide bonds. The molecular formula is C22H31IN4O3. The minimum atomic E-state index is 0. The molecule has 1 saturated carbocycles. The van der Waals surface area contributed by atoms with Crippen LogP contribution >= 0.6 is 24.0 Å². The summed E-state index contributed by atoms with van der Waals surface area (Å²) in [5.74, 6) is 2.71. The van der Waals surface area contributed by atoms with Gasteiger partial charge >= 0.3 is 0 Å². The van der Waals surface area contributed by atoms with Gasteiger partial charge in [-0.25, -0.2) is 9.98 Å². The molecule has 2 aromatic rings. The number of hydrogen-bond acceptors (Lipinski definition) is 5. The summed E-state index contributed by atoms with van der Waals surface area (Å²) in [5.41, 5.74) is 1.83. The molecule has 164 valence electrons. The van der Waals surface area contributed by atoms with Crippen LogP contribution in [-0.2, 0) is 6.54 Å². The lowest BCUT2D eigenvalue weighted by atomic mass is 10.2. The number of halogens is 1. The Morgan fingerprint density at radius 1 is 1.13 bits per heavy atom. The molecule has 30 heavy (non-hydrogen) atoms. The number of nitrogens with one attached hydrogen (secondary N) is 2. The standard InChI is InChI=1S/C22H30N4O3.HI/c1-4-23-22(26-17-11-12-19(27-2)20(14-17)28-3)25-15-16-8-7-13-24-21(16)29-18-9-5-6-10-18;/h7-8,11-14,18H,4-6,9-10,15H2,1-3H3,(H2,23,25,26);1H. The van der Waals surface area contributed by atoms with Crippen molar-refractivity contribution in [3.63, 3.8) is 0 Å². The molecule has 0 saturated heterocycles. The molecule has 1 heterocycles. The molecular weight excluding hydrogens is 495 g/mol. The first kappa shape index (κ1) is 24.0. The Morgan fingerprint density at radius 2 is 1.90 bits per heavy atom. The van der Waals surface area contributed by atoms with Crippen molar-refractivity contribution in [2.75, 3.05) is 26.1 Å². The Kier molecular flexibility index (Phi) is 9.99. The number of aliphatic imine (C=N–C) groups is 1. The van der Waals surface area contributed by atoms with Crippen LogP contribution in [0.4, 0.5) is 5.69 Å². The number of nitrogens with zero attached hydrogens (tertiary/aromatic N) is 2. The molecule has 0 radical (unpaired) electrons. The number of aromatic nitrogens is 1. The van der Waals surface area contributed by atoms with Crippen molar-refractivity contribution < 1.29 is 14.2 Å². The van der Waals surface area contributed by atoms with Crippen molar-refractivity contribution in [3.8, 4) is 17.4 Å². The molecule has 0 atom stereocenters. The van der Waals surface area contributed by atoms with Crippen LogP contribution in [0.3, 0.4) is 0 Å². The summed E-state index contributed by atoms with van der Waals surface area (Å²) in [7, 11) is 3.24. The topological polar surface area (TPSA) is 77.0 Å². The fraction of sp³-hybridized carbons (Fsp3) is 0.455. The Morgan fingerprint density at radius 3 is 2.60 bits per heavy atom. The maximum absolute atomic E-state index is 6.12. The van der Waals surface area contributed by atoms with E-state index in [2.05, 4.69) is 15.6 Å². The number of methoxy groups -OCH3 is 2. The van der Waals surface area contributed by atoms with E-state index in [4.69, 9.17) is 19.2 Å². The van der Waals surface area contributed by atoms with Crippen LogP contribution in [0, 0.1) is 0 Å². The minimum Gasteiger partial charge on any atom is -0.493 e. The van der Waals surface area contributed by atoms with Crippen LogP contribution < -0.4 is 24.8 Å². The Labute approximate surface area is 195 Å². The van der Waals surface area contributed by atoms with Crippen LogP contribution in [0.25, 0.3) is 0 Å². The summed E-state index contributed by atoms with van der Waals surface area (Å²) in [6, 6.07) is 9.60. The van der Waals surface area contributed by atoms with E-state index in [0.717, 1.165) is 30.6 Å². The van der Waals surface area contributed by atoms with Gasteiger partial charge in [0.05, 0.1) is 20.8 Å². The van der Waals surface area contributed by atoms with Crippen molar-refractivity contribution in [1.29, 1.82) is 0 Å². The second-order valence-electron chi connectivity index (χ2n) is 6.88. The van der Waals surface area contributed by atoms with Gasteiger partial charge in [-0.05, 0) is 50.8 Å². The van der Waals surface area contributed by atoms with Gasteiger partial charge in [-0.2, -0.15) is 0 Å². The van der Waals surface area contributed by atoms with Gasteiger partial charge in [-0.15, -0.1) is 24.0 Å². The largest absolute Gasteiger partial charge is 0.493 e. The molecule has 3 rings (SSSR count). The Balaban J connectivity index is 0.00000320. The van der Waals surface area contributed by atoms with Crippen LogP contribution in [0.15, 0.2) is 41.5 Å². The van der Waals surface area contributed by atoms with E-state index < -0.39 is 0 Å². The number of benzene rings is 1. The number of anilines is 1. The zero-order valence-electron chi connectivity index (χ0n) is 17.8.